The van der Waals surface area contributed by atoms with Crippen molar-refractivity contribution in [2.24, 2.45) is 0 Å². The van der Waals surface area contributed by atoms with E-state index >= 15 is 0 Å². The Bertz CT molecular complexity index is 676. The van der Waals surface area contributed by atoms with Crippen molar-refractivity contribution in [2.45, 2.75) is 13.3 Å². The molecule has 7 heteroatoms. The Balaban J connectivity index is 2.25. The first-order chi connectivity index (χ1) is 11.1. The summed E-state index contributed by atoms with van der Waals surface area (Å²) in [6, 6.07) is 8.67. The highest BCUT2D eigenvalue weighted by atomic mass is 16.5. The van der Waals surface area contributed by atoms with Gasteiger partial charge in [0, 0.05) is 19.6 Å². The van der Waals surface area contributed by atoms with Crippen LogP contribution in [-0.4, -0.2) is 36.3 Å². The van der Waals surface area contributed by atoms with Crippen LogP contribution in [0.15, 0.2) is 30.3 Å². The molecule has 0 saturated heterocycles. The number of methoxy groups -OCH3 is 1. The van der Waals surface area contributed by atoms with Gasteiger partial charge >= 0.3 is 5.97 Å². The lowest BCUT2D eigenvalue weighted by atomic mass is 10.2. The molecular weight excluding hydrogens is 296 g/mol. The van der Waals surface area contributed by atoms with Gasteiger partial charge in [0.25, 0.3) is 0 Å². The van der Waals surface area contributed by atoms with Gasteiger partial charge in [-0.2, -0.15) is 0 Å². The highest BCUT2D eigenvalue weighted by Gasteiger charge is 2.13. The van der Waals surface area contributed by atoms with E-state index in [0.29, 0.717) is 48.3 Å². The summed E-state index contributed by atoms with van der Waals surface area (Å²) >= 11 is 0. The summed E-state index contributed by atoms with van der Waals surface area (Å²) in [7, 11) is 1.61. The van der Waals surface area contributed by atoms with Crippen LogP contribution in [0.25, 0.3) is 0 Å². The smallest absolute Gasteiger partial charge is 0.340 e. The van der Waals surface area contributed by atoms with Crippen molar-refractivity contribution >= 4 is 23.3 Å². The first-order valence-electron chi connectivity index (χ1n) is 7.29. The molecule has 0 radical (unpaired) electrons. The monoisotopic (exact) mass is 316 g/mol. The summed E-state index contributed by atoms with van der Waals surface area (Å²) in [5, 5.41) is 3.10. The summed E-state index contributed by atoms with van der Waals surface area (Å²) in [5.74, 6) is 1.04. The van der Waals surface area contributed by atoms with E-state index in [1.54, 1.807) is 38.3 Å². The van der Waals surface area contributed by atoms with Crippen molar-refractivity contribution in [2.75, 3.05) is 31.4 Å². The summed E-state index contributed by atoms with van der Waals surface area (Å²) in [6.07, 6.45) is 0.551. The van der Waals surface area contributed by atoms with Crippen LogP contribution in [0.5, 0.6) is 0 Å². The molecule has 122 valence electrons. The fraction of sp³-hybridized carbons (Fsp3) is 0.312. The van der Waals surface area contributed by atoms with Crippen LogP contribution in [0.3, 0.4) is 0 Å². The number of ether oxygens (including phenoxy) is 2. The van der Waals surface area contributed by atoms with Gasteiger partial charge in [0.15, 0.2) is 0 Å². The van der Waals surface area contributed by atoms with E-state index in [9.17, 15) is 4.79 Å². The molecule has 7 nitrogen and oxygen atoms in total. The molecule has 2 aromatic rings. The Labute approximate surface area is 134 Å². The highest BCUT2D eigenvalue weighted by Crippen LogP contribution is 2.21. The number of aromatic nitrogens is 2. The van der Waals surface area contributed by atoms with Crippen LogP contribution in [0, 0.1) is 0 Å². The minimum absolute atomic E-state index is 0.314. The Morgan fingerprint density at radius 3 is 2.83 bits per heavy atom. The molecule has 23 heavy (non-hydrogen) atoms. The van der Waals surface area contributed by atoms with Gasteiger partial charge in [-0.15, -0.1) is 0 Å². The minimum Gasteiger partial charge on any atom is -0.462 e. The number of rotatable bonds is 7. The zero-order valence-corrected chi connectivity index (χ0v) is 13.2. The van der Waals surface area contributed by atoms with Gasteiger partial charge in [0.1, 0.15) is 17.5 Å². The fourth-order valence-electron chi connectivity index (χ4n) is 2.00. The normalized spacial score (nSPS) is 10.3. The molecule has 0 saturated carbocycles. The molecule has 0 unspecified atom stereocenters. The molecular formula is C16H20N4O3. The first kappa shape index (κ1) is 16.7. The average molecular weight is 316 g/mol. The second-order valence-electron chi connectivity index (χ2n) is 4.73. The standard InChI is InChI=1S/C16H20N4O3/c1-3-23-16(21)11-6-4-5-7-12(11)18-15-10-13(17)19-14(20-15)8-9-22-2/h4-7,10H,3,8-9H2,1-2H3,(H3,17,18,19,20). The van der Waals surface area contributed by atoms with Crippen LogP contribution < -0.4 is 11.1 Å². The number of esters is 1. The van der Waals surface area contributed by atoms with E-state index in [2.05, 4.69) is 15.3 Å². The van der Waals surface area contributed by atoms with Crippen molar-refractivity contribution in [3.05, 3.63) is 41.7 Å². The van der Waals surface area contributed by atoms with E-state index < -0.39 is 5.97 Å². The molecule has 1 aromatic heterocycles. The molecule has 0 spiro atoms. The molecule has 0 fully saturated rings. The minimum atomic E-state index is -0.391. The number of nitrogens with zero attached hydrogens (tertiary/aromatic N) is 2. The van der Waals surface area contributed by atoms with Crippen LogP contribution >= 0.6 is 0 Å². The molecule has 0 aliphatic carbocycles. The SMILES string of the molecule is CCOC(=O)c1ccccc1Nc1cc(N)nc(CCOC)n1. The van der Waals surface area contributed by atoms with Crippen molar-refractivity contribution < 1.29 is 14.3 Å². The van der Waals surface area contributed by atoms with E-state index in [0.717, 1.165) is 0 Å². The van der Waals surface area contributed by atoms with Crippen LogP contribution in [0.1, 0.15) is 23.1 Å². The maximum atomic E-state index is 12.0. The zero-order chi connectivity index (χ0) is 16.7. The van der Waals surface area contributed by atoms with Crippen LogP contribution in [0.2, 0.25) is 0 Å². The number of hydrogen-bond acceptors (Lipinski definition) is 7. The van der Waals surface area contributed by atoms with Gasteiger partial charge in [-0.3, -0.25) is 0 Å². The van der Waals surface area contributed by atoms with Crippen molar-refractivity contribution in [1.82, 2.24) is 9.97 Å². The number of para-hydroxylation sites is 1. The molecule has 1 aromatic carbocycles. The van der Waals surface area contributed by atoms with Crippen LogP contribution in [0.4, 0.5) is 17.3 Å². The molecule has 3 N–H and O–H groups in total. The number of anilines is 3. The largest absolute Gasteiger partial charge is 0.462 e. The van der Waals surface area contributed by atoms with Crippen LogP contribution in [-0.2, 0) is 15.9 Å². The Morgan fingerprint density at radius 1 is 1.30 bits per heavy atom. The molecule has 1 heterocycles. The van der Waals surface area contributed by atoms with E-state index in [-0.39, 0.29) is 0 Å². The zero-order valence-electron chi connectivity index (χ0n) is 13.2. The Hall–Kier alpha value is -2.67. The predicted molar refractivity (Wildman–Crippen MR) is 87.7 cm³/mol. The summed E-state index contributed by atoms with van der Waals surface area (Å²) in [5.41, 5.74) is 6.84. The van der Waals surface area contributed by atoms with Gasteiger partial charge < -0.3 is 20.5 Å². The Morgan fingerprint density at radius 2 is 2.09 bits per heavy atom. The van der Waals surface area contributed by atoms with Gasteiger partial charge in [0.2, 0.25) is 0 Å². The summed E-state index contributed by atoms with van der Waals surface area (Å²) in [6.45, 7) is 2.58. The van der Waals surface area contributed by atoms with Gasteiger partial charge in [-0.05, 0) is 19.1 Å². The molecule has 0 aliphatic rings. The van der Waals surface area contributed by atoms with E-state index in [1.807, 2.05) is 6.07 Å². The molecule has 0 atom stereocenters. The molecule has 2 rings (SSSR count). The highest BCUT2D eigenvalue weighted by molar-refractivity contribution is 5.96. The van der Waals surface area contributed by atoms with E-state index in [1.165, 1.54) is 0 Å². The molecule has 0 amide bonds. The number of nitrogens with one attached hydrogen (secondary N) is 1. The number of nitrogen functional groups attached to an aromatic ring is 1. The number of benzene rings is 1. The van der Waals surface area contributed by atoms with Gasteiger partial charge in [-0.25, -0.2) is 14.8 Å². The number of nitrogens with two attached hydrogens (primary N) is 1. The van der Waals surface area contributed by atoms with Gasteiger partial charge in [0.05, 0.1) is 24.5 Å². The number of hydrogen-bond donors (Lipinski definition) is 2. The summed E-state index contributed by atoms with van der Waals surface area (Å²) in [4.78, 5) is 20.5. The lowest BCUT2D eigenvalue weighted by molar-refractivity contribution is 0.0527. The number of carbonyl (C=O) groups is 1. The van der Waals surface area contributed by atoms with Crippen molar-refractivity contribution in [1.29, 1.82) is 0 Å². The third-order valence-electron chi connectivity index (χ3n) is 3.01. The molecule has 0 aliphatic heterocycles. The lowest BCUT2D eigenvalue weighted by Crippen LogP contribution is -2.10. The maximum Gasteiger partial charge on any atom is 0.340 e. The number of carbonyl (C=O) groups excluding carboxylic acids is 1. The van der Waals surface area contributed by atoms with Crippen molar-refractivity contribution in [3.8, 4) is 0 Å². The molecule has 0 bridgehead atoms. The third kappa shape index (κ3) is 4.65. The Kier molecular flexibility index (Phi) is 5.87. The quantitative estimate of drug-likeness (QED) is 0.755. The average Bonchev–Trinajstić information content (AvgIpc) is 2.53. The maximum absolute atomic E-state index is 12.0. The first-order valence-corrected chi connectivity index (χ1v) is 7.29. The second-order valence-corrected chi connectivity index (χ2v) is 4.73. The predicted octanol–water partition coefficient (Wildman–Crippen LogP) is 2.17. The fourth-order valence-corrected chi connectivity index (χ4v) is 2.00. The topological polar surface area (TPSA) is 99.4 Å². The van der Waals surface area contributed by atoms with Gasteiger partial charge in [-0.1, -0.05) is 12.1 Å². The third-order valence-corrected chi connectivity index (χ3v) is 3.01. The van der Waals surface area contributed by atoms with Crippen molar-refractivity contribution in [3.63, 3.8) is 0 Å². The summed E-state index contributed by atoms with van der Waals surface area (Å²) < 4.78 is 10.1. The van der Waals surface area contributed by atoms with E-state index in [4.69, 9.17) is 15.2 Å². The lowest BCUT2D eigenvalue weighted by Gasteiger charge is -2.12. The second kappa shape index (κ2) is 8.09.